The van der Waals surface area contributed by atoms with Crippen LogP contribution < -0.4 is 30.8 Å². The van der Waals surface area contributed by atoms with E-state index >= 15 is 0 Å². The van der Waals surface area contributed by atoms with Crippen molar-refractivity contribution in [3.63, 3.8) is 0 Å². The van der Waals surface area contributed by atoms with Crippen molar-refractivity contribution in [3.05, 3.63) is 112 Å². The summed E-state index contributed by atoms with van der Waals surface area (Å²) in [6.07, 6.45) is 5.06. The van der Waals surface area contributed by atoms with Gasteiger partial charge in [0.15, 0.2) is 5.36 Å². The molecule has 0 saturated heterocycles. The molecule has 0 radical (unpaired) electrons. The second-order valence-corrected chi connectivity index (χ2v) is 14.5. The molecule has 0 fully saturated rings. The molecule has 173 valence electrons. The predicted octanol–water partition coefficient (Wildman–Crippen LogP) is 2.12. The summed E-state index contributed by atoms with van der Waals surface area (Å²) in [4.78, 5) is 5.99. The van der Waals surface area contributed by atoms with Crippen LogP contribution in [0.3, 0.4) is 0 Å². The first-order chi connectivity index (χ1) is 16.4. The van der Waals surface area contributed by atoms with Crippen LogP contribution in [0.1, 0.15) is 27.8 Å². The number of anilines is 1. The Morgan fingerprint density at radius 2 is 1.65 bits per heavy atom. The minimum Gasteiger partial charge on any atom is -0.364 e. The van der Waals surface area contributed by atoms with Crippen LogP contribution in [-0.2, 0) is 6.42 Å². The average molecular weight is 464 g/mol. The predicted molar refractivity (Wildman–Crippen MR) is 148 cm³/mol. The number of nitrogens with one attached hydrogen (secondary N) is 1. The highest BCUT2D eigenvalue weighted by Gasteiger charge is 2.29. The molecule has 34 heavy (non-hydrogen) atoms. The van der Waals surface area contributed by atoms with Gasteiger partial charge >= 0.3 is 0 Å². The molecule has 1 N–H and O–H groups in total. The van der Waals surface area contributed by atoms with Crippen molar-refractivity contribution in [3.8, 4) is 0 Å². The molecule has 3 heteroatoms. The zero-order valence-corrected chi connectivity index (χ0v) is 22.0. The number of rotatable bonds is 6. The van der Waals surface area contributed by atoms with Crippen molar-refractivity contribution in [2.45, 2.75) is 33.4 Å². The van der Waals surface area contributed by atoms with Crippen LogP contribution >= 0.6 is 0 Å². The Morgan fingerprint density at radius 3 is 2.32 bits per heavy atom. The molecule has 0 aliphatic carbocycles. The van der Waals surface area contributed by atoms with Crippen molar-refractivity contribution < 1.29 is 4.99 Å². The summed E-state index contributed by atoms with van der Waals surface area (Å²) in [5.74, 6) is 0. The Kier molecular flexibility index (Phi) is 5.69. The standard InChI is InChI=1S/C31H34N2Si/c1-7-16-33(17-8-2)24-12-13-25-28(19-24)34(5,6)29-20-27-23(14-15-32-27)18-26(29)31(25)30-21(3)10-9-11-22(30)4/h7-13,18-20H,1-2,14-17H2,3-6H3/q-1/p+1. The first kappa shape index (κ1) is 22.6. The van der Waals surface area contributed by atoms with Crippen LogP contribution in [0, 0.1) is 13.8 Å². The van der Waals surface area contributed by atoms with Crippen molar-refractivity contribution >= 4 is 29.7 Å². The zero-order valence-electron chi connectivity index (χ0n) is 21.0. The molecule has 0 saturated carbocycles. The lowest BCUT2D eigenvalue weighted by molar-refractivity contribution is -0.490. The topological polar surface area (TPSA) is 17.2 Å². The molecule has 2 aliphatic heterocycles. The van der Waals surface area contributed by atoms with E-state index in [1.807, 2.05) is 12.2 Å². The zero-order chi connectivity index (χ0) is 24.0. The van der Waals surface area contributed by atoms with Gasteiger partial charge in [-0.05, 0) is 65.1 Å². The fourth-order valence-corrected chi connectivity index (χ4v) is 8.96. The highest BCUT2D eigenvalue weighted by atomic mass is 28.3. The second kappa shape index (κ2) is 8.55. The van der Waals surface area contributed by atoms with Gasteiger partial charge in [0, 0.05) is 30.8 Å². The summed E-state index contributed by atoms with van der Waals surface area (Å²) in [5.41, 5.74) is 9.60. The molecule has 5 rings (SSSR count). The quantitative estimate of drug-likeness (QED) is 0.438. The maximum Gasteiger partial charge on any atom is 0.198 e. The Balaban J connectivity index is 1.88. The fourth-order valence-electron chi connectivity index (χ4n) is 5.90. The summed E-state index contributed by atoms with van der Waals surface area (Å²) in [7, 11) is -1.95. The maximum atomic E-state index is 3.98. The number of nitrogens with zero attached hydrogens (tertiary/aromatic N) is 1. The number of fused-ring (bicyclic) bond motifs is 3. The van der Waals surface area contributed by atoms with Crippen LogP contribution in [-0.4, -0.2) is 27.7 Å². The molecule has 2 aliphatic rings. The molecule has 0 amide bonds. The van der Waals surface area contributed by atoms with Crippen LogP contribution in [0.15, 0.2) is 73.8 Å². The first-order valence-corrected chi connectivity index (χ1v) is 15.3. The fraction of sp³-hybridized carbons (Fsp3) is 0.258. The van der Waals surface area contributed by atoms with Gasteiger partial charge in [0.1, 0.15) is 6.54 Å². The van der Waals surface area contributed by atoms with Gasteiger partial charge in [0.05, 0.1) is 0 Å². The molecule has 0 spiro atoms. The SMILES string of the molecule is C=CCN(CC=C)c1ccc2c(c1)[Si-](C)(C)c1cc3c(cc1=C2c1c(C)cccc1C)CC[NH+]=3. The van der Waals surface area contributed by atoms with E-state index in [0.29, 0.717) is 0 Å². The highest BCUT2D eigenvalue weighted by Crippen LogP contribution is 2.31. The summed E-state index contributed by atoms with van der Waals surface area (Å²) >= 11 is 0. The summed E-state index contributed by atoms with van der Waals surface area (Å²) in [6.45, 7) is 20.2. The van der Waals surface area contributed by atoms with Crippen LogP contribution in [0.4, 0.5) is 5.69 Å². The second-order valence-electron chi connectivity index (χ2n) is 10.2. The third-order valence-electron chi connectivity index (χ3n) is 7.64. The van der Waals surface area contributed by atoms with E-state index in [0.717, 1.165) is 26.1 Å². The van der Waals surface area contributed by atoms with Gasteiger partial charge < -0.3 is 4.90 Å². The lowest BCUT2D eigenvalue weighted by Crippen LogP contribution is -2.75. The van der Waals surface area contributed by atoms with Crippen molar-refractivity contribution in [1.82, 2.24) is 0 Å². The van der Waals surface area contributed by atoms with Gasteiger partial charge in [-0.3, -0.25) is 0 Å². The van der Waals surface area contributed by atoms with E-state index in [2.05, 4.69) is 98.5 Å². The smallest absolute Gasteiger partial charge is 0.198 e. The molecule has 3 aromatic carbocycles. The number of hydrogen-bond acceptors (Lipinski definition) is 1. The summed E-state index contributed by atoms with van der Waals surface area (Å²) < 4.78 is 0. The van der Waals surface area contributed by atoms with E-state index in [-0.39, 0.29) is 0 Å². The molecule has 0 aromatic heterocycles. The molecule has 0 unspecified atom stereocenters. The number of hydrogen-bond donors (Lipinski definition) is 1. The van der Waals surface area contributed by atoms with E-state index in [1.54, 1.807) is 5.19 Å². The minimum atomic E-state index is -1.95. The van der Waals surface area contributed by atoms with Crippen molar-refractivity contribution in [2.75, 3.05) is 24.5 Å². The van der Waals surface area contributed by atoms with Gasteiger partial charge in [-0.15, -0.1) is 13.2 Å². The lowest BCUT2D eigenvalue weighted by atomic mass is 9.88. The number of benzene rings is 3. The van der Waals surface area contributed by atoms with E-state index < -0.39 is 8.07 Å². The summed E-state index contributed by atoms with van der Waals surface area (Å²) in [6, 6.07) is 18.8. The Hall–Kier alpha value is -3.17. The Labute approximate surface area is 204 Å². The molecule has 0 bridgehead atoms. The van der Waals surface area contributed by atoms with Gasteiger partial charge in [-0.1, -0.05) is 50.6 Å². The van der Waals surface area contributed by atoms with Gasteiger partial charge in [-0.25, -0.2) is 4.99 Å². The van der Waals surface area contributed by atoms with Crippen LogP contribution in [0.5, 0.6) is 0 Å². The Bertz CT molecular complexity index is 1410. The molecule has 2 nitrogen and oxygen atoms in total. The van der Waals surface area contributed by atoms with Crippen LogP contribution in [0.2, 0.25) is 13.1 Å². The van der Waals surface area contributed by atoms with Crippen molar-refractivity contribution in [2.24, 2.45) is 0 Å². The van der Waals surface area contributed by atoms with Gasteiger partial charge in [0.2, 0.25) is 0 Å². The molecular formula is C31H35N2Si. The maximum absolute atomic E-state index is 3.98. The average Bonchev–Trinajstić information content (AvgIpc) is 3.27. The van der Waals surface area contributed by atoms with Crippen molar-refractivity contribution in [1.29, 1.82) is 0 Å². The normalized spacial score (nSPS) is 15.1. The summed E-state index contributed by atoms with van der Waals surface area (Å²) in [5, 5.41) is 5.85. The van der Waals surface area contributed by atoms with Crippen LogP contribution in [0.25, 0.3) is 5.57 Å². The van der Waals surface area contributed by atoms with E-state index in [9.17, 15) is 0 Å². The molecule has 0 atom stereocenters. The highest BCUT2D eigenvalue weighted by molar-refractivity contribution is 7.01. The third-order valence-corrected chi connectivity index (χ3v) is 11.2. The molecule has 3 aromatic rings. The van der Waals surface area contributed by atoms with E-state index in [4.69, 9.17) is 0 Å². The molecule has 2 heterocycles. The molecular weight excluding hydrogens is 428 g/mol. The van der Waals surface area contributed by atoms with Gasteiger partial charge in [-0.2, -0.15) is 23.5 Å². The minimum absolute atomic E-state index is 0.814. The monoisotopic (exact) mass is 463 g/mol. The first-order valence-electron chi connectivity index (χ1n) is 12.3. The Morgan fingerprint density at radius 1 is 0.941 bits per heavy atom. The lowest BCUT2D eigenvalue weighted by Gasteiger charge is -2.44. The third kappa shape index (κ3) is 3.50. The van der Waals surface area contributed by atoms with Gasteiger partial charge in [0.25, 0.3) is 0 Å². The van der Waals surface area contributed by atoms with E-state index in [1.165, 1.54) is 54.8 Å². The number of aryl methyl sites for hydroxylation is 2. The largest absolute Gasteiger partial charge is 0.364 e.